The van der Waals surface area contributed by atoms with Crippen LogP contribution in [0.5, 0.6) is 5.75 Å². The molecule has 0 aliphatic heterocycles. The quantitative estimate of drug-likeness (QED) is 0.837. The third kappa shape index (κ3) is 3.47. The van der Waals surface area contributed by atoms with Crippen LogP contribution in [0.1, 0.15) is 21.8 Å². The van der Waals surface area contributed by atoms with E-state index in [4.69, 9.17) is 4.74 Å². The molecule has 0 amide bonds. The second kappa shape index (κ2) is 5.21. The Kier molecular flexibility index (Phi) is 3.80. The summed E-state index contributed by atoms with van der Waals surface area (Å²) in [4.78, 5) is 4.23. The third-order valence-corrected chi connectivity index (χ3v) is 3.46. The standard InChI is InChI=1S/C13H12F3NOS/c1-8-5-10(13(14,15)16)3-4-11(8)18-6-12-17-9(2)7-19-12/h3-5,7H,6H2,1-2H3. The van der Waals surface area contributed by atoms with E-state index in [2.05, 4.69) is 4.98 Å². The van der Waals surface area contributed by atoms with Crippen LogP contribution in [0.15, 0.2) is 23.6 Å². The fourth-order valence-electron chi connectivity index (χ4n) is 1.60. The smallest absolute Gasteiger partial charge is 0.416 e. The monoisotopic (exact) mass is 287 g/mol. The highest BCUT2D eigenvalue weighted by Crippen LogP contribution is 2.32. The van der Waals surface area contributed by atoms with Gasteiger partial charge >= 0.3 is 6.18 Å². The number of hydrogen-bond donors (Lipinski definition) is 0. The van der Waals surface area contributed by atoms with Crippen molar-refractivity contribution >= 4 is 11.3 Å². The minimum Gasteiger partial charge on any atom is -0.486 e. The van der Waals surface area contributed by atoms with Gasteiger partial charge in [0.2, 0.25) is 0 Å². The first-order chi connectivity index (χ1) is 8.86. The largest absolute Gasteiger partial charge is 0.486 e. The van der Waals surface area contributed by atoms with E-state index in [-0.39, 0.29) is 6.61 Å². The van der Waals surface area contributed by atoms with E-state index in [1.165, 1.54) is 17.4 Å². The summed E-state index contributed by atoms with van der Waals surface area (Å²) >= 11 is 1.47. The maximum atomic E-state index is 12.5. The number of halogens is 3. The summed E-state index contributed by atoms with van der Waals surface area (Å²) in [7, 11) is 0. The zero-order chi connectivity index (χ0) is 14.0. The van der Waals surface area contributed by atoms with Crippen molar-refractivity contribution in [2.24, 2.45) is 0 Å². The Hall–Kier alpha value is -1.56. The van der Waals surface area contributed by atoms with Crippen molar-refractivity contribution in [2.45, 2.75) is 26.6 Å². The molecule has 19 heavy (non-hydrogen) atoms. The van der Waals surface area contributed by atoms with Gasteiger partial charge in [0.05, 0.1) is 5.56 Å². The Labute approximate surface area is 112 Å². The fourth-order valence-corrected chi connectivity index (χ4v) is 2.28. The molecular formula is C13H12F3NOS. The number of aromatic nitrogens is 1. The summed E-state index contributed by atoms with van der Waals surface area (Å²) in [6.07, 6.45) is -4.32. The maximum absolute atomic E-state index is 12.5. The molecule has 0 N–H and O–H groups in total. The Bertz CT molecular complexity index is 578. The lowest BCUT2D eigenvalue weighted by Gasteiger charge is -2.11. The van der Waals surface area contributed by atoms with Crippen LogP contribution in [-0.4, -0.2) is 4.98 Å². The van der Waals surface area contributed by atoms with E-state index in [9.17, 15) is 13.2 Å². The molecule has 0 aliphatic carbocycles. The average Bonchev–Trinajstić information content (AvgIpc) is 2.72. The molecule has 0 radical (unpaired) electrons. The molecule has 0 fully saturated rings. The summed E-state index contributed by atoms with van der Waals surface area (Å²) in [5, 5.41) is 2.70. The minimum absolute atomic E-state index is 0.269. The first-order valence-electron chi connectivity index (χ1n) is 5.58. The summed E-state index contributed by atoms with van der Waals surface area (Å²) in [5.74, 6) is 0.445. The second-order valence-electron chi connectivity index (χ2n) is 4.15. The van der Waals surface area contributed by atoms with Gasteiger partial charge in [-0.05, 0) is 37.6 Å². The van der Waals surface area contributed by atoms with Gasteiger partial charge in [0.25, 0.3) is 0 Å². The Morgan fingerprint density at radius 3 is 2.53 bits per heavy atom. The van der Waals surface area contributed by atoms with Gasteiger partial charge in [-0.25, -0.2) is 4.98 Å². The van der Waals surface area contributed by atoms with Gasteiger partial charge in [-0.15, -0.1) is 11.3 Å². The number of nitrogens with zero attached hydrogens (tertiary/aromatic N) is 1. The van der Waals surface area contributed by atoms with Crippen LogP contribution < -0.4 is 4.74 Å². The summed E-state index contributed by atoms with van der Waals surface area (Å²) < 4.78 is 43.0. The van der Waals surface area contributed by atoms with E-state index in [1.54, 1.807) is 6.92 Å². The minimum atomic E-state index is -4.32. The molecule has 1 aromatic heterocycles. The van der Waals surface area contributed by atoms with Crippen molar-refractivity contribution in [3.05, 3.63) is 45.4 Å². The summed E-state index contributed by atoms with van der Waals surface area (Å²) in [5.41, 5.74) is 0.707. The number of rotatable bonds is 3. The maximum Gasteiger partial charge on any atom is 0.416 e. The van der Waals surface area contributed by atoms with Gasteiger partial charge in [-0.3, -0.25) is 0 Å². The van der Waals surface area contributed by atoms with Crippen molar-refractivity contribution in [2.75, 3.05) is 0 Å². The first kappa shape index (κ1) is 13.9. The topological polar surface area (TPSA) is 22.1 Å². The van der Waals surface area contributed by atoms with Crippen molar-refractivity contribution < 1.29 is 17.9 Å². The highest BCUT2D eigenvalue weighted by molar-refractivity contribution is 7.09. The molecular weight excluding hydrogens is 275 g/mol. The number of alkyl halides is 3. The molecule has 0 aliphatic rings. The van der Waals surface area contributed by atoms with Crippen LogP contribution in [0.25, 0.3) is 0 Å². The van der Waals surface area contributed by atoms with Crippen LogP contribution in [0.2, 0.25) is 0 Å². The molecule has 0 atom stereocenters. The lowest BCUT2D eigenvalue weighted by molar-refractivity contribution is -0.137. The van der Waals surface area contributed by atoms with Gasteiger partial charge < -0.3 is 4.74 Å². The predicted molar refractivity (Wildman–Crippen MR) is 67.4 cm³/mol. The lowest BCUT2D eigenvalue weighted by Crippen LogP contribution is -2.05. The molecule has 0 saturated heterocycles. The SMILES string of the molecule is Cc1csc(COc2ccc(C(F)(F)F)cc2C)n1. The van der Waals surface area contributed by atoms with Crippen LogP contribution in [-0.2, 0) is 12.8 Å². The zero-order valence-electron chi connectivity index (χ0n) is 10.4. The van der Waals surface area contributed by atoms with E-state index in [1.807, 2.05) is 12.3 Å². The molecule has 0 saturated carbocycles. The van der Waals surface area contributed by atoms with Gasteiger partial charge in [0.1, 0.15) is 17.4 Å². The van der Waals surface area contributed by atoms with E-state index in [0.717, 1.165) is 22.8 Å². The Morgan fingerprint density at radius 2 is 2.00 bits per heavy atom. The van der Waals surface area contributed by atoms with E-state index in [0.29, 0.717) is 11.3 Å². The van der Waals surface area contributed by atoms with Crippen molar-refractivity contribution in [3.63, 3.8) is 0 Å². The molecule has 102 valence electrons. The number of thiazole rings is 1. The molecule has 0 spiro atoms. The Morgan fingerprint density at radius 1 is 1.26 bits per heavy atom. The summed E-state index contributed by atoms with van der Waals surface area (Å²) in [6.45, 7) is 3.74. The van der Waals surface area contributed by atoms with Crippen molar-refractivity contribution in [3.8, 4) is 5.75 Å². The first-order valence-corrected chi connectivity index (χ1v) is 6.46. The van der Waals surface area contributed by atoms with Crippen molar-refractivity contribution in [1.82, 2.24) is 4.98 Å². The van der Waals surface area contributed by atoms with Gasteiger partial charge in [-0.1, -0.05) is 0 Å². The number of benzene rings is 1. The molecule has 1 heterocycles. The number of aryl methyl sites for hydroxylation is 2. The third-order valence-electron chi connectivity index (χ3n) is 2.52. The lowest BCUT2D eigenvalue weighted by atomic mass is 10.1. The zero-order valence-corrected chi connectivity index (χ0v) is 11.2. The summed E-state index contributed by atoms with van der Waals surface area (Å²) in [6, 6.07) is 3.45. The highest BCUT2D eigenvalue weighted by atomic mass is 32.1. The fraction of sp³-hybridized carbons (Fsp3) is 0.308. The Balaban J connectivity index is 2.09. The molecule has 2 nitrogen and oxygen atoms in total. The highest BCUT2D eigenvalue weighted by Gasteiger charge is 2.30. The normalized spacial score (nSPS) is 11.6. The molecule has 0 unspecified atom stereocenters. The number of hydrogen-bond acceptors (Lipinski definition) is 3. The van der Waals surface area contributed by atoms with Gasteiger partial charge in [0, 0.05) is 11.1 Å². The van der Waals surface area contributed by atoms with E-state index >= 15 is 0 Å². The van der Waals surface area contributed by atoms with Crippen LogP contribution in [0.3, 0.4) is 0 Å². The average molecular weight is 287 g/mol. The molecule has 1 aromatic carbocycles. The molecule has 2 rings (SSSR count). The molecule has 2 aromatic rings. The van der Waals surface area contributed by atoms with Crippen LogP contribution in [0, 0.1) is 13.8 Å². The van der Waals surface area contributed by atoms with Crippen molar-refractivity contribution in [1.29, 1.82) is 0 Å². The van der Waals surface area contributed by atoms with E-state index < -0.39 is 11.7 Å². The second-order valence-corrected chi connectivity index (χ2v) is 5.09. The molecule has 0 bridgehead atoms. The predicted octanol–water partition coefficient (Wildman–Crippen LogP) is 4.36. The van der Waals surface area contributed by atoms with Crippen LogP contribution in [0.4, 0.5) is 13.2 Å². The van der Waals surface area contributed by atoms with Gasteiger partial charge in [0.15, 0.2) is 0 Å². The molecule has 6 heteroatoms. The number of ether oxygens (including phenoxy) is 1. The van der Waals surface area contributed by atoms with Gasteiger partial charge in [-0.2, -0.15) is 13.2 Å². The van der Waals surface area contributed by atoms with Crippen LogP contribution >= 0.6 is 11.3 Å².